The third-order valence-electron chi connectivity index (χ3n) is 1.64. The van der Waals surface area contributed by atoms with Crippen molar-refractivity contribution in [3.63, 3.8) is 0 Å². The SMILES string of the molecule is NCc1nc(C(F)F)cc([N+](=O)[O-])c1Cl. The van der Waals surface area contributed by atoms with Crippen LogP contribution < -0.4 is 5.73 Å². The van der Waals surface area contributed by atoms with Crippen molar-refractivity contribution >= 4 is 17.3 Å². The molecule has 0 aliphatic carbocycles. The number of nitrogens with zero attached hydrogens (tertiary/aromatic N) is 2. The lowest BCUT2D eigenvalue weighted by molar-refractivity contribution is -0.384. The van der Waals surface area contributed by atoms with E-state index in [1.165, 1.54) is 0 Å². The van der Waals surface area contributed by atoms with Gasteiger partial charge in [-0.2, -0.15) is 0 Å². The number of nitro groups is 1. The van der Waals surface area contributed by atoms with E-state index in [0.717, 1.165) is 0 Å². The lowest BCUT2D eigenvalue weighted by Gasteiger charge is -2.04. The molecule has 0 aliphatic heterocycles. The molecule has 1 rings (SSSR count). The first kappa shape index (κ1) is 11.7. The number of nitrogens with two attached hydrogens (primary N) is 1. The van der Waals surface area contributed by atoms with Gasteiger partial charge in [-0.3, -0.25) is 10.1 Å². The molecule has 0 fully saturated rings. The molecule has 1 aromatic heterocycles. The minimum Gasteiger partial charge on any atom is -0.325 e. The van der Waals surface area contributed by atoms with Gasteiger partial charge in [0.1, 0.15) is 10.7 Å². The van der Waals surface area contributed by atoms with Crippen molar-refractivity contribution in [3.8, 4) is 0 Å². The standard InChI is InChI=1S/C7H6ClF2N3O2/c8-6-4(2-11)12-3(7(9)10)1-5(6)13(14)15/h1,7H,2,11H2. The Morgan fingerprint density at radius 2 is 2.27 bits per heavy atom. The van der Waals surface area contributed by atoms with Crippen molar-refractivity contribution in [3.05, 3.63) is 32.6 Å². The summed E-state index contributed by atoms with van der Waals surface area (Å²) < 4.78 is 24.6. The largest absolute Gasteiger partial charge is 0.325 e. The van der Waals surface area contributed by atoms with E-state index in [1.54, 1.807) is 0 Å². The van der Waals surface area contributed by atoms with Gasteiger partial charge in [-0.1, -0.05) is 11.6 Å². The predicted molar refractivity (Wildman–Crippen MR) is 48.7 cm³/mol. The van der Waals surface area contributed by atoms with Gasteiger partial charge < -0.3 is 5.73 Å². The fourth-order valence-corrected chi connectivity index (χ4v) is 1.21. The third-order valence-corrected chi connectivity index (χ3v) is 2.05. The maximum atomic E-state index is 12.3. The van der Waals surface area contributed by atoms with E-state index in [1.807, 2.05) is 0 Å². The first-order valence-electron chi connectivity index (χ1n) is 3.79. The molecule has 0 radical (unpaired) electrons. The topological polar surface area (TPSA) is 82.0 Å². The van der Waals surface area contributed by atoms with Crippen LogP contribution >= 0.6 is 11.6 Å². The zero-order chi connectivity index (χ0) is 11.6. The molecule has 0 bridgehead atoms. The van der Waals surface area contributed by atoms with Crippen LogP contribution in [0.1, 0.15) is 17.8 Å². The van der Waals surface area contributed by atoms with Gasteiger partial charge in [0, 0.05) is 12.6 Å². The number of hydrogen-bond acceptors (Lipinski definition) is 4. The highest BCUT2D eigenvalue weighted by Gasteiger charge is 2.22. The normalized spacial score (nSPS) is 10.7. The van der Waals surface area contributed by atoms with Gasteiger partial charge in [-0.15, -0.1) is 0 Å². The number of hydrogen-bond donors (Lipinski definition) is 1. The average Bonchev–Trinajstić information content (AvgIpc) is 2.17. The molecule has 1 heterocycles. The van der Waals surface area contributed by atoms with Crippen LogP contribution in [0.2, 0.25) is 5.02 Å². The highest BCUT2D eigenvalue weighted by molar-refractivity contribution is 6.33. The molecule has 0 amide bonds. The van der Waals surface area contributed by atoms with E-state index in [0.29, 0.717) is 6.07 Å². The average molecular weight is 238 g/mol. The molecule has 0 aliphatic rings. The molecule has 0 spiro atoms. The van der Waals surface area contributed by atoms with E-state index in [-0.39, 0.29) is 17.3 Å². The summed E-state index contributed by atoms with van der Waals surface area (Å²) in [7, 11) is 0. The van der Waals surface area contributed by atoms with Crippen LogP contribution in [0.3, 0.4) is 0 Å². The molecular formula is C7H6ClF2N3O2. The molecule has 0 saturated carbocycles. The molecule has 8 heteroatoms. The summed E-state index contributed by atoms with van der Waals surface area (Å²) in [5, 5.41) is 10.2. The summed E-state index contributed by atoms with van der Waals surface area (Å²) in [6.07, 6.45) is -2.90. The minimum absolute atomic E-state index is 0.110. The Balaban J connectivity index is 3.38. The zero-order valence-electron chi connectivity index (χ0n) is 7.28. The summed E-state index contributed by atoms with van der Waals surface area (Å²) in [5.74, 6) is 0. The van der Waals surface area contributed by atoms with E-state index in [2.05, 4.69) is 4.98 Å². The molecule has 0 unspecified atom stereocenters. The number of aromatic nitrogens is 1. The molecule has 5 nitrogen and oxygen atoms in total. The smallest absolute Gasteiger partial charge is 0.291 e. The zero-order valence-corrected chi connectivity index (χ0v) is 8.04. The summed E-state index contributed by atoms with van der Waals surface area (Å²) in [5.41, 5.74) is 3.75. The second-order valence-electron chi connectivity index (χ2n) is 2.59. The van der Waals surface area contributed by atoms with Crippen molar-refractivity contribution in [2.24, 2.45) is 5.73 Å². The van der Waals surface area contributed by atoms with E-state index >= 15 is 0 Å². The van der Waals surface area contributed by atoms with Gasteiger partial charge in [-0.25, -0.2) is 13.8 Å². The van der Waals surface area contributed by atoms with Gasteiger partial charge in [-0.05, 0) is 0 Å². The van der Waals surface area contributed by atoms with Crippen LogP contribution in [0.4, 0.5) is 14.5 Å². The number of alkyl halides is 2. The van der Waals surface area contributed by atoms with Gasteiger partial charge in [0.25, 0.3) is 12.1 Å². The van der Waals surface area contributed by atoms with Crippen molar-refractivity contribution in [2.75, 3.05) is 0 Å². The van der Waals surface area contributed by atoms with Crippen LogP contribution in [0, 0.1) is 10.1 Å². The van der Waals surface area contributed by atoms with Crippen molar-refractivity contribution < 1.29 is 13.7 Å². The lowest BCUT2D eigenvalue weighted by Crippen LogP contribution is -2.06. The highest BCUT2D eigenvalue weighted by atomic mass is 35.5. The number of halogens is 3. The molecule has 0 aromatic carbocycles. The Kier molecular flexibility index (Phi) is 3.48. The molecule has 0 saturated heterocycles. The Hall–Kier alpha value is -1.34. The molecule has 2 N–H and O–H groups in total. The molecule has 1 aromatic rings. The van der Waals surface area contributed by atoms with Crippen molar-refractivity contribution in [2.45, 2.75) is 13.0 Å². The van der Waals surface area contributed by atoms with Gasteiger partial charge in [0.15, 0.2) is 0 Å². The maximum Gasteiger partial charge on any atom is 0.291 e. The van der Waals surface area contributed by atoms with E-state index in [4.69, 9.17) is 17.3 Å². The highest BCUT2D eigenvalue weighted by Crippen LogP contribution is 2.30. The second kappa shape index (κ2) is 4.45. The summed E-state index contributed by atoms with van der Waals surface area (Å²) in [6.45, 7) is -0.236. The Labute approximate surface area is 88.0 Å². The third kappa shape index (κ3) is 2.37. The first-order valence-corrected chi connectivity index (χ1v) is 4.17. The van der Waals surface area contributed by atoms with E-state index < -0.39 is 22.7 Å². The Bertz CT molecular complexity index is 400. The van der Waals surface area contributed by atoms with Crippen LogP contribution in [-0.4, -0.2) is 9.91 Å². The summed E-state index contributed by atoms with van der Waals surface area (Å²) in [6, 6.07) is 0.645. The summed E-state index contributed by atoms with van der Waals surface area (Å²) >= 11 is 5.55. The first-order chi connectivity index (χ1) is 6.97. The maximum absolute atomic E-state index is 12.3. The fourth-order valence-electron chi connectivity index (χ4n) is 0.968. The van der Waals surface area contributed by atoms with Crippen molar-refractivity contribution in [1.82, 2.24) is 4.98 Å². The second-order valence-corrected chi connectivity index (χ2v) is 2.97. The van der Waals surface area contributed by atoms with E-state index in [9.17, 15) is 18.9 Å². The molecular weight excluding hydrogens is 232 g/mol. The van der Waals surface area contributed by atoms with Crippen LogP contribution in [0.5, 0.6) is 0 Å². The van der Waals surface area contributed by atoms with Crippen LogP contribution in [0.15, 0.2) is 6.07 Å². The minimum atomic E-state index is -2.90. The predicted octanol–water partition coefficient (Wildman–Crippen LogP) is 2.04. The molecule has 15 heavy (non-hydrogen) atoms. The fraction of sp³-hybridized carbons (Fsp3) is 0.286. The lowest BCUT2D eigenvalue weighted by atomic mass is 10.2. The Morgan fingerprint density at radius 3 is 2.67 bits per heavy atom. The Morgan fingerprint density at radius 1 is 1.67 bits per heavy atom. The van der Waals surface area contributed by atoms with Crippen LogP contribution in [-0.2, 0) is 6.54 Å². The van der Waals surface area contributed by atoms with Gasteiger partial charge >= 0.3 is 0 Å². The van der Waals surface area contributed by atoms with Crippen molar-refractivity contribution in [1.29, 1.82) is 0 Å². The number of rotatable bonds is 3. The molecule has 0 atom stereocenters. The quantitative estimate of drug-likeness (QED) is 0.644. The molecule has 82 valence electrons. The summed E-state index contributed by atoms with van der Waals surface area (Å²) in [4.78, 5) is 13.0. The van der Waals surface area contributed by atoms with Gasteiger partial charge in [0.05, 0.1) is 10.6 Å². The van der Waals surface area contributed by atoms with Gasteiger partial charge in [0.2, 0.25) is 0 Å². The number of pyridine rings is 1. The van der Waals surface area contributed by atoms with Crippen LogP contribution in [0.25, 0.3) is 0 Å². The monoisotopic (exact) mass is 237 g/mol.